The van der Waals surface area contributed by atoms with Crippen molar-refractivity contribution in [3.63, 3.8) is 0 Å². The number of halogens is 1. The summed E-state index contributed by atoms with van der Waals surface area (Å²) < 4.78 is 6.32. The third kappa shape index (κ3) is 2.77. The minimum absolute atomic E-state index is 0.0856. The predicted octanol–water partition coefficient (Wildman–Crippen LogP) is 2.57. The molecular formula is C12H12BrN3O2. The molecule has 0 saturated heterocycles. The Bertz CT molecular complexity index is 549. The molecule has 0 aliphatic carbocycles. The topological polar surface area (TPSA) is 67.3 Å². The molecule has 0 amide bonds. The SMILES string of the molecule is CNc1ncc(Br)c(Oc2ccccc2CO)n1. The maximum absolute atomic E-state index is 9.23. The van der Waals surface area contributed by atoms with Crippen LogP contribution in [0.25, 0.3) is 0 Å². The second-order valence-corrected chi connectivity index (χ2v) is 4.32. The van der Waals surface area contributed by atoms with Gasteiger partial charge in [-0.15, -0.1) is 0 Å². The van der Waals surface area contributed by atoms with Crippen LogP contribution in [0.3, 0.4) is 0 Å². The zero-order chi connectivity index (χ0) is 13.0. The number of aliphatic hydroxyl groups is 1. The summed E-state index contributed by atoms with van der Waals surface area (Å²) >= 11 is 3.32. The first kappa shape index (κ1) is 12.8. The van der Waals surface area contributed by atoms with E-state index < -0.39 is 0 Å². The number of hydrogen-bond donors (Lipinski definition) is 2. The molecule has 1 aromatic carbocycles. The molecule has 2 aromatic rings. The number of aromatic nitrogens is 2. The lowest BCUT2D eigenvalue weighted by molar-refractivity contribution is 0.276. The van der Waals surface area contributed by atoms with Gasteiger partial charge in [-0.25, -0.2) is 4.98 Å². The van der Waals surface area contributed by atoms with Crippen molar-refractivity contribution in [1.82, 2.24) is 9.97 Å². The van der Waals surface area contributed by atoms with Gasteiger partial charge in [0.1, 0.15) is 5.75 Å². The zero-order valence-electron chi connectivity index (χ0n) is 9.72. The van der Waals surface area contributed by atoms with Gasteiger partial charge >= 0.3 is 0 Å². The fourth-order valence-corrected chi connectivity index (χ4v) is 1.65. The number of anilines is 1. The van der Waals surface area contributed by atoms with Gasteiger partial charge < -0.3 is 15.2 Å². The van der Waals surface area contributed by atoms with E-state index in [9.17, 15) is 5.11 Å². The van der Waals surface area contributed by atoms with Crippen LogP contribution in [-0.2, 0) is 6.61 Å². The summed E-state index contributed by atoms with van der Waals surface area (Å²) in [4.78, 5) is 8.23. The van der Waals surface area contributed by atoms with Crippen molar-refractivity contribution < 1.29 is 9.84 Å². The Hall–Kier alpha value is -1.66. The average Bonchev–Trinajstić information content (AvgIpc) is 2.42. The van der Waals surface area contributed by atoms with Gasteiger partial charge in [0.15, 0.2) is 0 Å². The second-order valence-electron chi connectivity index (χ2n) is 3.46. The molecule has 0 saturated carbocycles. The molecule has 6 heteroatoms. The number of aliphatic hydroxyl groups excluding tert-OH is 1. The van der Waals surface area contributed by atoms with Crippen molar-refractivity contribution in [3.8, 4) is 11.6 Å². The lowest BCUT2D eigenvalue weighted by Gasteiger charge is -2.10. The summed E-state index contributed by atoms with van der Waals surface area (Å²) in [5, 5.41) is 12.1. The third-order valence-electron chi connectivity index (χ3n) is 2.29. The monoisotopic (exact) mass is 309 g/mol. The summed E-state index contributed by atoms with van der Waals surface area (Å²) in [5.41, 5.74) is 0.703. The fourth-order valence-electron chi connectivity index (χ4n) is 1.38. The van der Waals surface area contributed by atoms with E-state index in [1.807, 2.05) is 12.1 Å². The molecule has 94 valence electrons. The van der Waals surface area contributed by atoms with Crippen molar-refractivity contribution in [2.75, 3.05) is 12.4 Å². The second kappa shape index (κ2) is 5.79. The summed E-state index contributed by atoms with van der Waals surface area (Å²) in [6.07, 6.45) is 1.61. The van der Waals surface area contributed by atoms with Crippen LogP contribution < -0.4 is 10.1 Å². The summed E-state index contributed by atoms with van der Waals surface area (Å²) in [7, 11) is 1.73. The minimum atomic E-state index is -0.0856. The number of hydrogen-bond acceptors (Lipinski definition) is 5. The fraction of sp³-hybridized carbons (Fsp3) is 0.167. The Morgan fingerprint density at radius 2 is 2.17 bits per heavy atom. The molecule has 0 aliphatic heterocycles. The molecular weight excluding hydrogens is 298 g/mol. The first-order chi connectivity index (χ1) is 8.74. The molecule has 1 heterocycles. The summed E-state index contributed by atoms with van der Waals surface area (Å²) in [6, 6.07) is 7.25. The van der Waals surface area contributed by atoms with Gasteiger partial charge in [0.05, 0.1) is 17.3 Å². The van der Waals surface area contributed by atoms with Gasteiger partial charge in [-0.2, -0.15) is 4.98 Å². The lowest BCUT2D eigenvalue weighted by atomic mass is 10.2. The van der Waals surface area contributed by atoms with Crippen molar-refractivity contribution in [2.45, 2.75) is 6.61 Å². The molecule has 0 radical (unpaired) electrons. The van der Waals surface area contributed by atoms with Crippen LogP contribution in [0.5, 0.6) is 11.6 Å². The normalized spacial score (nSPS) is 10.2. The van der Waals surface area contributed by atoms with Crippen molar-refractivity contribution in [3.05, 3.63) is 40.5 Å². The summed E-state index contributed by atoms with van der Waals surface area (Å²) in [5.74, 6) is 1.44. The molecule has 0 atom stereocenters. The molecule has 18 heavy (non-hydrogen) atoms. The van der Waals surface area contributed by atoms with E-state index in [0.717, 1.165) is 0 Å². The van der Waals surface area contributed by atoms with Crippen LogP contribution >= 0.6 is 15.9 Å². The van der Waals surface area contributed by atoms with E-state index in [0.29, 0.717) is 27.6 Å². The van der Waals surface area contributed by atoms with E-state index in [1.54, 1.807) is 25.4 Å². The number of nitrogens with one attached hydrogen (secondary N) is 1. The van der Waals surface area contributed by atoms with Crippen LogP contribution in [0.4, 0.5) is 5.95 Å². The van der Waals surface area contributed by atoms with Gasteiger partial charge in [-0.05, 0) is 22.0 Å². The number of benzene rings is 1. The molecule has 0 fully saturated rings. The van der Waals surface area contributed by atoms with Crippen LogP contribution in [0.15, 0.2) is 34.9 Å². The van der Waals surface area contributed by atoms with Crippen LogP contribution in [0.2, 0.25) is 0 Å². The van der Waals surface area contributed by atoms with Crippen molar-refractivity contribution in [1.29, 1.82) is 0 Å². The molecule has 5 nitrogen and oxygen atoms in total. The van der Waals surface area contributed by atoms with Crippen LogP contribution in [0, 0.1) is 0 Å². The Balaban J connectivity index is 2.33. The molecule has 1 aromatic heterocycles. The smallest absolute Gasteiger partial charge is 0.238 e. The first-order valence-electron chi connectivity index (χ1n) is 5.31. The maximum atomic E-state index is 9.23. The van der Waals surface area contributed by atoms with E-state index >= 15 is 0 Å². The highest BCUT2D eigenvalue weighted by Crippen LogP contribution is 2.29. The van der Waals surface area contributed by atoms with Gasteiger partial charge in [0, 0.05) is 12.6 Å². The van der Waals surface area contributed by atoms with Gasteiger partial charge in [-0.3, -0.25) is 0 Å². The largest absolute Gasteiger partial charge is 0.437 e. The predicted molar refractivity (Wildman–Crippen MR) is 71.7 cm³/mol. The van der Waals surface area contributed by atoms with Crippen LogP contribution in [0.1, 0.15) is 5.56 Å². The van der Waals surface area contributed by atoms with Crippen molar-refractivity contribution >= 4 is 21.9 Å². The Morgan fingerprint density at radius 3 is 2.89 bits per heavy atom. The first-order valence-corrected chi connectivity index (χ1v) is 6.11. The van der Waals surface area contributed by atoms with Gasteiger partial charge in [0.2, 0.25) is 11.8 Å². The Kier molecular flexibility index (Phi) is 4.11. The third-order valence-corrected chi connectivity index (χ3v) is 2.83. The average molecular weight is 310 g/mol. The van der Waals surface area contributed by atoms with E-state index in [-0.39, 0.29) is 6.61 Å². The molecule has 0 spiro atoms. The van der Waals surface area contributed by atoms with Gasteiger partial charge in [0.25, 0.3) is 0 Å². The highest BCUT2D eigenvalue weighted by Gasteiger charge is 2.09. The standard InChI is InChI=1S/C12H12BrN3O2/c1-14-12-15-6-9(13)11(16-12)18-10-5-3-2-4-8(10)7-17/h2-6,17H,7H2,1H3,(H,14,15,16). The van der Waals surface area contributed by atoms with Crippen molar-refractivity contribution in [2.24, 2.45) is 0 Å². The summed E-state index contributed by atoms with van der Waals surface area (Å²) in [6.45, 7) is -0.0856. The molecule has 0 bridgehead atoms. The Morgan fingerprint density at radius 1 is 1.39 bits per heavy atom. The number of rotatable bonds is 4. The highest BCUT2D eigenvalue weighted by molar-refractivity contribution is 9.10. The quantitative estimate of drug-likeness (QED) is 0.908. The van der Waals surface area contributed by atoms with Gasteiger partial charge in [-0.1, -0.05) is 18.2 Å². The number of ether oxygens (including phenoxy) is 1. The molecule has 2 rings (SSSR count). The van der Waals surface area contributed by atoms with Crippen LogP contribution in [-0.4, -0.2) is 22.1 Å². The number of nitrogens with zero attached hydrogens (tertiary/aromatic N) is 2. The molecule has 2 N–H and O–H groups in total. The number of para-hydroxylation sites is 1. The minimum Gasteiger partial charge on any atom is -0.437 e. The van der Waals surface area contributed by atoms with E-state index in [1.165, 1.54) is 0 Å². The lowest BCUT2D eigenvalue weighted by Crippen LogP contribution is -1.99. The van der Waals surface area contributed by atoms with E-state index in [4.69, 9.17) is 4.74 Å². The maximum Gasteiger partial charge on any atom is 0.238 e. The Labute approximate surface area is 113 Å². The zero-order valence-corrected chi connectivity index (χ0v) is 11.3. The molecule has 0 unspecified atom stereocenters. The highest BCUT2D eigenvalue weighted by atomic mass is 79.9. The molecule has 0 aliphatic rings. The van der Waals surface area contributed by atoms with E-state index in [2.05, 4.69) is 31.2 Å².